The van der Waals surface area contributed by atoms with Gasteiger partial charge in [-0.15, -0.1) is 0 Å². The van der Waals surface area contributed by atoms with Crippen LogP contribution in [-0.4, -0.2) is 28.8 Å². The molecule has 1 atom stereocenters. The smallest absolute Gasteiger partial charge is 0.435 e. The van der Waals surface area contributed by atoms with Crippen LogP contribution in [0.15, 0.2) is 36.5 Å². The Hall–Kier alpha value is -2.55. The first-order valence-electron chi connectivity index (χ1n) is 7.41. The molecule has 1 N–H and O–H groups in total. The van der Waals surface area contributed by atoms with E-state index >= 15 is 0 Å². The molecule has 1 amide bonds. The summed E-state index contributed by atoms with van der Waals surface area (Å²) < 4.78 is 43.1. The first-order valence-corrected chi connectivity index (χ1v) is 7.79. The number of hydrogen-bond donors (Lipinski definition) is 1. The Labute approximate surface area is 151 Å². The van der Waals surface area contributed by atoms with Gasteiger partial charge in [-0.3, -0.25) is 14.3 Å². The van der Waals surface area contributed by atoms with Crippen LogP contribution in [0.3, 0.4) is 0 Å². The summed E-state index contributed by atoms with van der Waals surface area (Å²) in [6, 6.07) is 6.51. The molecule has 1 unspecified atom stereocenters. The molecule has 0 saturated heterocycles. The molecule has 1 heterocycles. The molecule has 6 nitrogen and oxygen atoms in total. The molecule has 0 spiro atoms. The highest BCUT2D eigenvalue weighted by molar-refractivity contribution is 6.30. The molecule has 10 heteroatoms. The highest BCUT2D eigenvalue weighted by atomic mass is 35.5. The van der Waals surface area contributed by atoms with Crippen molar-refractivity contribution in [2.75, 3.05) is 7.11 Å². The summed E-state index contributed by atoms with van der Waals surface area (Å²) in [5.41, 5.74) is -0.487. The fourth-order valence-corrected chi connectivity index (χ4v) is 2.31. The van der Waals surface area contributed by atoms with Crippen molar-refractivity contribution >= 4 is 23.5 Å². The van der Waals surface area contributed by atoms with Crippen molar-refractivity contribution in [2.24, 2.45) is 0 Å². The van der Waals surface area contributed by atoms with Crippen LogP contribution >= 0.6 is 11.6 Å². The Balaban J connectivity index is 2.09. The summed E-state index contributed by atoms with van der Waals surface area (Å²) in [5.74, 6) is -1.16. The molecule has 0 aliphatic rings. The average Bonchev–Trinajstić information content (AvgIpc) is 3.03. The number of esters is 1. The lowest BCUT2D eigenvalue weighted by atomic mass is 10.0. The summed E-state index contributed by atoms with van der Waals surface area (Å²) >= 11 is 5.82. The van der Waals surface area contributed by atoms with Crippen LogP contribution in [0, 0.1) is 0 Å². The summed E-state index contributed by atoms with van der Waals surface area (Å²) in [7, 11) is 1.21. The van der Waals surface area contributed by atoms with Crippen molar-refractivity contribution in [3.05, 3.63) is 52.8 Å². The molecular weight excluding hydrogens is 375 g/mol. The minimum atomic E-state index is -4.58. The quantitative estimate of drug-likeness (QED) is 0.771. The van der Waals surface area contributed by atoms with Crippen LogP contribution in [0.2, 0.25) is 5.02 Å². The zero-order valence-corrected chi connectivity index (χ0v) is 14.3. The van der Waals surface area contributed by atoms with E-state index in [4.69, 9.17) is 11.6 Å². The van der Waals surface area contributed by atoms with E-state index in [1.54, 1.807) is 24.3 Å². The summed E-state index contributed by atoms with van der Waals surface area (Å²) in [5, 5.41) is 6.38. The molecule has 26 heavy (non-hydrogen) atoms. The predicted octanol–water partition coefficient (Wildman–Crippen LogP) is 2.98. The van der Waals surface area contributed by atoms with Gasteiger partial charge in [-0.2, -0.15) is 18.3 Å². The second kappa shape index (κ2) is 8.22. The number of carbonyl (C=O) groups excluding carboxylic acids is 2. The van der Waals surface area contributed by atoms with Gasteiger partial charge in [-0.25, -0.2) is 0 Å². The van der Waals surface area contributed by atoms with E-state index in [-0.39, 0.29) is 6.42 Å². The van der Waals surface area contributed by atoms with E-state index in [1.807, 2.05) is 0 Å². The van der Waals surface area contributed by atoms with Gasteiger partial charge in [0, 0.05) is 11.2 Å². The number of amides is 1. The Morgan fingerprint density at radius 3 is 2.46 bits per heavy atom. The third-order valence-corrected chi connectivity index (χ3v) is 3.69. The Morgan fingerprint density at radius 2 is 1.92 bits per heavy atom. The fraction of sp³-hybridized carbons (Fsp3) is 0.312. The van der Waals surface area contributed by atoms with Gasteiger partial charge in [-0.1, -0.05) is 23.7 Å². The second-order valence-corrected chi connectivity index (χ2v) is 5.78. The number of benzene rings is 1. The van der Waals surface area contributed by atoms with Crippen LogP contribution in [0.25, 0.3) is 0 Å². The zero-order valence-electron chi connectivity index (χ0n) is 13.6. The van der Waals surface area contributed by atoms with Gasteiger partial charge in [0.2, 0.25) is 5.91 Å². The third-order valence-electron chi connectivity index (χ3n) is 3.44. The number of alkyl halides is 3. The number of carbonyl (C=O) groups is 2. The van der Waals surface area contributed by atoms with Gasteiger partial charge in [-0.05, 0) is 23.8 Å². The minimum Gasteiger partial charge on any atom is -0.469 e. The molecule has 1 aromatic carbocycles. The van der Waals surface area contributed by atoms with Crippen LogP contribution < -0.4 is 5.32 Å². The van der Waals surface area contributed by atoms with Crippen molar-refractivity contribution in [2.45, 2.75) is 25.2 Å². The number of halogens is 4. The molecule has 2 rings (SSSR count). The maximum Gasteiger partial charge on any atom is 0.435 e. The molecule has 0 aliphatic heterocycles. The van der Waals surface area contributed by atoms with Gasteiger partial charge in [0.25, 0.3) is 0 Å². The van der Waals surface area contributed by atoms with E-state index in [2.05, 4.69) is 15.2 Å². The van der Waals surface area contributed by atoms with Gasteiger partial charge in [0.05, 0.1) is 19.6 Å². The summed E-state index contributed by atoms with van der Waals surface area (Å²) in [6.07, 6.45) is -3.67. The van der Waals surface area contributed by atoms with Crippen molar-refractivity contribution in [3.8, 4) is 0 Å². The zero-order chi connectivity index (χ0) is 19.3. The molecule has 0 aliphatic carbocycles. The Bertz CT molecular complexity index is 775. The van der Waals surface area contributed by atoms with Gasteiger partial charge < -0.3 is 10.1 Å². The van der Waals surface area contributed by atoms with Crippen molar-refractivity contribution in [3.63, 3.8) is 0 Å². The minimum absolute atomic E-state index is 0.142. The maximum absolute atomic E-state index is 12.5. The molecule has 0 fully saturated rings. The Morgan fingerprint density at radius 1 is 1.27 bits per heavy atom. The lowest BCUT2D eigenvalue weighted by Gasteiger charge is -2.18. The largest absolute Gasteiger partial charge is 0.469 e. The molecule has 0 radical (unpaired) electrons. The Kier molecular flexibility index (Phi) is 6.25. The lowest BCUT2D eigenvalue weighted by Crippen LogP contribution is -2.33. The number of nitrogens with one attached hydrogen (secondary N) is 1. The van der Waals surface area contributed by atoms with E-state index < -0.39 is 36.3 Å². The normalized spacial score (nSPS) is 12.5. The highest BCUT2D eigenvalue weighted by Crippen LogP contribution is 2.27. The summed E-state index contributed by atoms with van der Waals surface area (Å²) in [4.78, 5) is 23.7. The van der Waals surface area contributed by atoms with Crippen LogP contribution in [0.4, 0.5) is 13.2 Å². The topological polar surface area (TPSA) is 73.2 Å². The van der Waals surface area contributed by atoms with E-state index in [1.165, 1.54) is 7.11 Å². The average molecular weight is 390 g/mol. The first-order chi connectivity index (χ1) is 12.2. The van der Waals surface area contributed by atoms with Gasteiger partial charge in [0.15, 0.2) is 5.69 Å². The number of rotatable bonds is 6. The van der Waals surface area contributed by atoms with Crippen LogP contribution in [-0.2, 0) is 27.0 Å². The molecule has 2 aromatic rings. The van der Waals surface area contributed by atoms with Crippen LogP contribution in [0.5, 0.6) is 0 Å². The number of ether oxygens (including phenoxy) is 1. The van der Waals surface area contributed by atoms with Gasteiger partial charge in [0.1, 0.15) is 6.54 Å². The van der Waals surface area contributed by atoms with E-state index in [0.717, 1.165) is 16.9 Å². The van der Waals surface area contributed by atoms with Crippen molar-refractivity contribution in [1.82, 2.24) is 15.1 Å². The van der Waals surface area contributed by atoms with E-state index in [0.29, 0.717) is 10.6 Å². The number of hydrogen-bond acceptors (Lipinski definition) is 4. The fourth-order valence-electron chi connectivity index (χ4n) is 2.19. The second-order valence-electron chi connectivity index (χ2n) is 5.35. The first kappa shape index (κ1) is 19.8. The molecule has 0 bridgehead atoms. The number of methoxy groups -OCH3 is 1. The van der Waals surface area contributed by atoms with Gasteiger partial charge >= 0.3 is 12.1 Å². The summed E-state index contributed by atoms with van der Waals surface area (Å²) in [6.45, 7) is -0.429. The van der Waals surface area contributed by atoms with Crippen LogP contribution in [0.1, 0.15) is 23.7 Å². The predicted molar refractivity (Wildman–Crippen MR) is 86.2 cm³/mol. The number of aromatic nitrogens is 2. The third kappa shape index (κ3) is 5.48. The van der Waals surface area contributed by atoms with Crippen molar-refractivity contribution < 1.29 is 27.5 Å². The molecular formula is C16H15ClF3N3O3. The monoisotopic (exact) mass is 389 g/mol. The highest BCUT2D eigenvalue weighted by Gasteiger charge is 2.33. The standard InChI is InChI=1S/C16H15ClF3N3O3/c1-26-15(25)8-12(10-2-4-11(17)5-3-10)21-14(24)9-23-7-6-13(22-23)16(18,19)20/h2-7,12H,8-9H2,1H3,(H,21,24). The maximum atomic E-state index is 12.5. The molecule has 140 valence electrons. The lowest BCUT2D eigenvalue weighted by molar-refractivity contribution is -0.142. The number of nitrogens with zero attached hydrogens (tertiary/aromatic N) is 2. The van der Waals surface area contributed by atoms with Crippen molar-refractivity contribution in [1.29, 1.82) is 0 Å². The molecule has 1 aromatic heterocycles. The SMILES string of the molecule is COC(=O)CC(NC(=O)Cn1ccc(C(F)(F)F)n1)c1ccc(Cl)cc1. The molecule has 0 saturated carbocycles. The van der Waals surface area contributed by atoms with E-state index in [9.17, 15) is 22.8 Å².